The zero-order valence-electron chi connectivity index (χ0n) is 13.1. The highest BCUT2D eigenvalue weighted by molar-refractivity contribution is 7.18. The topological polar surface area (TPSA) is 71.0 Å². The second-order valence-corrected chi connectivity index (χ2v) is 6.91. The summed E-state index contributed by atoms with van der Waals surface area (Å²) in [4.78, 5) is 18.1. The quantitative estimate of drug-likeness (QED) is 0.709. The van der Waals surface area contributed by atoms with Gasteiger partial charge in [0.1, 0.15) is 5.69 Å². The maximum Gasteiger partial charge on any atom is 0.243 e. The fourth-order valence-electron chi connectivity index (χ4n) is 2.02. The summed E-state index contributed by atoms with van der Waals surface area (Å²) in [7, 11) is 1.77. The summed E-state index contributed by atoms with van der Waals surface area (Å²) in [5.41, 5.74) is 1.33. The van der Waals surface area contributed by atoms with Crippen LogP contribution in [-0.4, -0.2) is 34.7 Å². The molecule has 0 unspecified atom stereocenters. The molecule has 0 bridgehead atoms. The number of hydrogen-bond donors (Lipinski definition) is 1. The van der Waals surface area contributed by atoms with Crippen LogP contribution in [0.3, 0.4) is 0 Å². The molecule has 0 aliphatic carbocycles. The zero-order chi connectivity index (χ0) is 17.8. The second-order valence-electron chi connectivity index (χ2n) is 5.14. The lowest BCUT2D eigenvalue weighted by molar-refractivity contribution is -0.114. The van der Waals surface area contributed by atoms with E-state index in [4.69, 9.17) is 23.2 Å². The Bertz CT molecular complexity index is 887. The van der Waals surface area contributed by atoms with Crippen LogP contribution in [0.25, 0.3) is 10.7 Å². The van der Waals surface area contributed by atoms with Crippen LogP contribution >= 0.6 is 34.5 Å². The number of halogens is 2. The van der Waals surface area contributed by atoms with Crippen LogP contribution in [-0.2, 0) is 4.79 Å². The monoisotopic (exact) mass is 393 g/mol. The number of benzene rings is 1. The van der Waals surface area contributed by atoms with Crippen LogP contribution in [0.1, 0.15) is 0 Å². The SMILES string of the molecule is CN(CC(=O)Nc1ccc(Cl)c(Cl)c1)c1nnc(-c2ccccn2)s1. The number of amides is 1. The van der Waals surface area contributed by atoms with Crippen molar-refractivity contribution in [2.75, 3.05) is 23.8 Å². The van der Waals surface area contributed by atoms with E-state index in [2.05, 4.69) is 20.5 Å². The number of carbonyl (C=O) groups excluding carboxylic acids is 1. The first-order valence-corrected chi connectivity index (χ1v) is 8.81. The third-order valence-electron chi connectivity index (χ3n) is 3.21. The summed E-state index contributed by atoms with van der Waals surface area (Å²) >= 11 is 13.2. The first-order valence-electron chi connectivity index (χ1n) is 7.24. The molecule has 3 aromatic rings. The molecule has 0 aliphatic rings. The van der Waals surface area contributed by atoms with Gasteiger partial charge in [0.25, 0.3) is 0 Å². The molecule has 0 saturated carbocycles. The zero-order valence-corrected chi connectivity index (χ0v) is 15.4. The number of anilines is 2. The molecule has 2 aromatic heterocycles. The molecule has 25 heavy (non-hydrogen) atoms. The molecule has 6 nitrogen and oxygen atoms in total. The van der Waals surface area contributed by atoms with Crippen molar-refractivity contribution in [3.63, 3.8) is 0 Å². The summed E-state index contributed by atoms with van der Waals surface area (Å²) in [6, 6.07) is 10.5. The molecule has 1 N–H and O–H groups in total. The molecule has 3 rings (SSSR count). The van der Waals surface area contributed by atoms with E-state index in [9.17, 15) is 4.79 Å². The Kier molecular flexibility index (Phi) is 5.47. The van der Waals surface area contributed by atoms with Gasteiger partial charge in [0.15, 0.2) is 5.01 Å². The van der Waals surface area contributed by atoms with E-state index in [1.165, 1.54) is 11.3 Å². The molecule has 1 aromatic carbocycles. The largest absolute Gasteiger partial charge is 0.340 e. The van der Waals surface area contributed by atoms with Crippen molar-refractivity contribution in [2.24, 2.45) is 0 Å². The van der Waals surface area contributed by atoms with Gasteiger partial charge in [-0.25, -0.2) is 0 Å². The minimum Gasteiger partial charge on any atom is -0.340 e. The highest BCUT2D eigenvalue weighted by Crippen LogP contribution is 2.27. The molecule has 0 atom stereocenters. The Labute approximate surface area is 158 Å². The van der Waals surface area contributed by atoms with Crippen LogP contribution in [0.2, 0.25) is 10.0 Å². The molecule has 1 amide bonds. The van der Waals surface area contributed by atoms with Crippen LogP contribution in [0.4, 0.5) is 10.8 Å². The number of carbonyl (C=O) groups is 1. The smallest absolute Gasteiger partial charge is 0.243 e. The predicted octanol–water partition coefficient (Wildman–Crippen LogP) is 3.98. The Morgan fingerprint density at radius 2 is 2.04 bits per heavy atom. The van der Waals surface area contributed by atoms with Crippen LogP contribution in [0.5, 0.6) is 0 Å². The van der Waals surface area contributed by atoms with E-state index in [-0.39, 0.29) is 12.5 Å². The highest BCUT2D eigenvalue weighted by Gasteiger charge is 2.14. The van der Waals surface area contributed by atoms with Crippen LogP contribution in [0.15, 0.2) is 42.6 Å². The minimum atomic E-state index is -0.199. The van der Waals surface area contributed by atoms with Gasteiger partial charge in [-0.15, -0.1) is 10.2 Å². The van der Waals surface area contributed by atoms with Gasteiger partial charge in [0.2, 0.25) is 11.0 Å². The van der Waals surface area contributed by atoms with Gasteiger partial charge >= 0.3 is 0 Å². The Morgan fingerprint density at radius 3 is 2.76 bits per heavy atom. The van der Waals surface area contributed by atoms with Gasteiger partial charge in [-0.2, -0.15) is 0 Å². The standard InChI is InChI=1S/C16H13Cl2N5OS/c1-23(9-14(24)20-10-5-6-11(17)12(18)8-10)16-22-21-15(25-16)13-4-2-3-7-19-13/h2-8H,9H2,1H3,(H,20,24). The Morgan fingerprint density at radius 1 is 1.20 bits per heavy atom. The lowest BCUT2D eigenvalue weighted by atomic mass is 10.3. The van der Waals surface area contributed by atoms with E-state index in [0.717, 1.165) is 5.69 Å². The molecular weight excluding hydrogens is 381 g/mol. The van der Waals surface area contributed by atoms with Crippen LogP contribution in [0, 0.1) is 0 Å². The average Bonchev–Trinajstić information content (AvgIpc) is 3.09. The first-order chi connectivity index (χ1) is 12.0. The fourth-order valence-corrected chi connectivity index (χ4v) is 3.10. The number of hydrogen-bond acceptors (Lipinski definition) is 6. The maximum atomic E-state index is 12.2. The summed E-state index contributed by atoms with van der Waals surface area (Å²) < 4.78 is 0. The fraction of sp³-hybridized carbons (Fsp3) is 0.125. The van der Waals surface area contributed by atoms with Crippen molar-refractivity contribution >= 4 is 51.3 Å². The molecule has 9 heteroatoms. The van der Waals surface area contributed by atoms with Crippen molar-refractivity contribution in [3.8, 4) is 10.7 Å². The number of likely N-dealkylation sites (N-methyl/N-ethyl adjacent to an activating group) is 1. The van der Waals surface area contributed by atoms with Crippen molar-refractivity contribution in [1.29, 1.82) is 0 Å². The van der Waals surface area contributed by atoms with Gasteiger partial charge in [-0.05, 0) is 30.3 Å². The molecule has 2 heterocycles. The number of aromatic nitrogens is 3. The normalized spacial score (nSPS) is 10.5. The summed E-state index contributed by atoms with van der Waals surface area (Å²) in [6.07, 6.45) is 1.70. The number of pyridine rings is 1. The maximum absolute atomic E-state index is 12.2. The molecule has 0 saturated heterocycles. The van der Waals surface area contributed by atoms with Gasteiger partial charge in [-0.1, -0.05) is 40.6 Å². The van der Waals surface area contributed by atoms with Crippen molar-refractivity contribution < 1.29 is 4.79 Å². The van der Waals surface area contributed by atoms with Gasteiger partial charge in [0.05, 0.1) is 16.6 Å². The van der Waals surface area contributed by atoms with E-state index in [0.29, 0.717) is 25.9 Å². The van der Waals surface area contributed by atoms with Crippen molar-refractivity contribution in [3.05, 3.63) is 52.6 Å². The molecule has 0 aliphatic heterocycles. The Hall–Kier alpha value is -2.22. The molecule has 0 fully saturated rings. The van der Waals surface area contributed by atoms with Gasteiger partial charge < -0.3 is 10.2 Å². The molecule has 0 spiro atoms. The lowest BCUT2D eigenvalue weighted by Gasteiger charge is -2.14. The second kappa shape index (κ2) is 7.77. The number of nitrogens with one attached hydrogen (secondary N) is 1. The van der Waals surface area contributed by atoms with Crippen molar-refractivity contribution in [2.45, 2.75) is 0 Å². The molecule has 0 radical (unpaired) electrons. The molecular formula is C16H13Cl2N5OS. The summed E-state index contributed by atoms with van der Waals surface area (Å²) in [5.74, 6) is -0.199. The number of nitrogens with zero attached hydrogens (tertiary/aromatic N) is 4. The van der Waals surface area contributed by atoms with Crippen LogP contribution < -0.4 is 10.2 Å². The average molecular weight is 394 g/mol. The third kappa shape index (κ3) is 4.45. The van der Waals surface area contributed by atoms with Gasteiger partial charge in [-0.3, -0.25) is 9.78 Å². The summed E-state index contributed by atoms with van der Waals surface area (Å²) in [5, 5.41) is 13.2. The number of rotatable bonds is 5. The highest BCUT2D eigenvalue weighted by atomic mass is 35.5. The first kappa shape index (κ1) is 17.6. The van der Waals surface area contributed by atoms with E-state index in [1.54, 1.807) is 36.3 Å². The Balaban J connectivity index is 1.63. The third-order valence-corrected chi connectivity index (χ3v) is 5.01. The summed E-state index contributed by atoms with van der Waals surface area (Å²) in [6.45, 7) is 0.122. The van der Waals surface area contributed by atoms with Crippen molar-refractivity contribution in [1.82, 2.24) is 15.2 Å². The molecule has 128 valence electrons. The van der Waals surface area contributed by atoms with E-state index >= 15 is 0 Å². The van der Waals surface area contributed by atoms with E-state index in [1.807, 2.05) is 18.2 Å². The predicted molar refractivity (Wildman–Crippen MR) is 102 cm³/mol. The lowest BCUT2D eigenvalue weighted by Crippen LogP contribution is -2.30. The van der Waals surface area contributed by atoms with Gasteiger partial charge in [0, 0.05) is 18.9 Å². The minimum absolute atomic E-state index is 0.122. The van der Waals surface area contributed by atoms with E-state index < -0.39 is 0 Å².